The largest absolute Gasteiger partial charge is 0.465 e. The van der Waals surface area contributed by atoms with Gasteiger partial charge in [0.25, 0.3) is 5.91 Å². The molecule has 1 N–H and O–H groups in total. The molecule has 2 aromatic rings. The molecule has 1 aliphatic rings. The minimum absolute atomic E-state index is 0.211. The number of rotatable bonds is 6. The van der Waals surface area contributed by atoms with Crippen molar-refractivity contribution in [3.63, 3.8) is 0 Å². The Morgan fingerprint density at radius 2 is 1.79 bits per heavy atom. The number of ether oxygens (including phenoxy) is 1. The number of carbonyl (C=O) groups is 2. The summed E-state index contributed by atoms with van der Waals surface area (Å²) >= 11 is 0. The Balaban J connectivity index is 1.54. The molecule has 0 saturated carbocycles. The summed E-state index contributed by atoms with van der Waals surface area (Å²) in [4.78, 5) is 26.5. The van der Waals surface area contributed by atoms with Crippen LogP contribution in [0.5, 0.6) is 0 Å². The van der Waals surface area contributed by atoms with E-state index in [1.165, 1.54) is 38.5 Å². The monoisotopic (exact) mass is 380 g/mol. The lowest BCUT2D eigenvalue weighted by Gasteiger charge is -2.33. The average Bonchev–Trinajstić information content (AvgIpc) is 2.74. The van der Waals surface area contributed by atoms with E-state index in [2.05, 4.69) is 41.4 Å². The van der Waals surface area contributed by atoms with Crippen molar-refractivity contribution in [3.8, 4) is 0 Å². The van der Waals surface area contributed by atoms with Gasteiger partial charge in [0.05, 0.1) is 12.7 Å². The quantitative estimate of drug-likeness (QED) is 0.775. The van der Waals surface area contributed by atoms with Crippen LogP contribution in [0, 0.1) is 0 Å². The van der Waals surface area contributed by atoms with E-state index in [-0.39, 0.29) is 5.91 Å². The second-order valence-corrected chi connectivity index (χ2v) is 7.39. The summed E-state index contributed by atoms with van der Waals surface area (Å²) in [6.07, 6.45) is 3.89. The van der Waals surface area contributed by atoms with Gasteiger partial charge in [0.1, 0.15) is 0 Å². The Morgan fingerprint density at radius 1 is 1.07 bits per heavy atom. The Morgan fingerprint density at radius 3 is 2.50 bits per heavy atom. The van der Waals surface area contributed by atoms with E-state index in [0.29, 0.717) is 23.7 Å². The fraction of sp³-hybridized carbons (Fsp3) is 0.391. The van der Waals surface area contributed by atoms with E-state index in [9.17, 15) is 9.59 Å². The number of piperidine rings is 1. The first-order chi connectivity index (χ1) is 13.6. The molecule has 2 aromatic carbocycles. The summed E-state index contributed by atoms with van der Waals surface area (Å²) in [5.74, 6) is -0.662. The van der Waals surface area contributed by atoms with Gasteiger partial charge in [0.15, 0.2) is 0 Å². The first-order valence-electron chi connectivity index (χ1n) is 9.85. The normalized spacial score (nSPS) is 17.1. The van der Waals surface area contributed by atoms with Crippen molar-refractivity contribution < 1.29 is 14.3 Å². The maximum absolute atomic E-state index is 12.4. The van der Waals surface area contributed by atoms with Gasteiger partial charge in [-0.2, -0.15) is 0 Å². The lowest BCUT2D eigenvalue weighted by atomic mass is 10.0. The molecule has 0 spiro atoms. The zero-order chi connectivity index (χ0) is 19.9. The van der Waals surface area contributed by atoms with Gasteiger partial charge in [-0.15, -0.1) is 0 Å². The second-order valence-electron chi connectivity index (χ2n) is 7.39. The molecule has 1 unspecified atom stereocenters. The summed E-state index contributed by atoms with van der Waals surface area (Å²) in [7, 11) is 1.32. The topological polar surface area (TPSA) is 58.6 Å². The van der Waals surface area contributed by atoms with Crippen molar-refractivity contribution in [1.29, 1.82) is 0 Å². The van der Waals surface area contributed by atoms with Gasteiger partial charge in [0.2, 0.25) is 0 Å². The number of benzene rings is 2. The number of hydrogen-bond donors (Lipinski definition) is 1. The number of nitrogens with one attached hydrogen (secondary N) is 1. The molecule has 0 radical (unpaired) electrons. The van der Waals surface area contributed by atoms with Gasteiger partial charge in [-0.25, -0.2) is 4.79 Å². The van der Waals surface area contributed by atoms with Crippen molar-refractivity contribution in [2.45, 2.75) is 45.3 Å². The van der Waals surface area contributed by atoms with Gasteiger partial charge >= 0.3 is 5.97 Å². The predicted octanol–water partition coefficient (Wildman–Crippen LogP) is 3.78. The van der Waals surface area contributed by atoms with Crippen LogP contribution in [0.25, 0.3) is 0 Å². The van der Waals surface area contributed by atoms with Gasteiger partial charge in [-0.3, -0.25) is 9.69 Å². The van der Waals surface area contributed by atoms with Crippen molar-refractivity contribution in [2.24, 2.45) is 0 Å². The van der Waals surface area contributed by atoms with Crippen molar-refractivity contribution in [3.05, 3.63) is 70.8 Å². The maximum atomic E-state index is 12.4. The van der Waals surface area contributed by atoms with Crippen LogP contribution < -0.4 is 5.32 Å². The smallest absolute Gasteiger partial charge is 0.337 e. The fourth-order valence-corrected chi connectivity index (χ4v) is 3.58. The number of nitrogens with zero attached hydrogens (tertiary/aromatic N) is 1. The number of esters is 1. The third kappa shape index (κ3) is 5.20. The van der Waals surface area contributed by atoms with E-state index in [4.69, 9.17) is 4.74 Å². The Kier molecular flexibility index (Phi) is 6.82. The van der Waals surface area contributed by atoms with E-state index in [0.717, 1.165) is 12.1 Å². The fourth-order valence-electron chi connectivity index (χ4n) is 3.58. The minimum atomic E-state index is -0.451. The highest BCUT2D eigenvalue weighted by Gasteiger charge is 2.18. The summed E-state index contributed by atoms with van der Waals surface area (Å²) in [5, 5.41) is 2.91. The molecule has 1 heterocycles. The van der Waals surface area contributed by atoms with Crippen LogP contribution in [-0.2, 0) is 17.8 Å². The lowest BCUT2D eigenvalue weighted by molar-refractivity contribution is 0.0600. The molecule has 3 rings (SSSR count). The molecule has 0 aliphatic carbocycles. The Labute approximate surface area is 166 Å². The van der Waals surface area contributed by atoms with Gasteiger partial charge < -0.3 is 10.1 Å². The molecule has 1 atom stereocenters. The lowest BCUT2D eigenvalue weighted by Crippen LogP contribution is -2.36. The van der Waals surface area contributed by atoms with Gasteiger partial charge in [-0.1, -0.05) is 36.8 Å². The predicted molar refractivity (Wildman–Crippen MR) is 109 cm³/mol. The van der Waals surface area contributed by atoms with Crippen molar-refractivity contribution in [1.82, 2.24) is 10.2 Å². The van der Waals surface area contributed by atoms with Crippen LogP contribution in [0.15, 0.2) is 48.5 Å². The van der Waals surface area contributed by atoms with E-state index < -0.39 is 5.97 Å². The molecule has 148 valence electrons. The van der Waals surface area contributed by atoms with Crippen LogP contribution in [0.4, 0.5) is 0 Å². The maximum Gasteiger partial charge on any atom is 0.337 e. The number of amides is 1. The molecule has 1 amide bonds. The standard InChI is InChI=1S/C23H28N2O3/c1-17-6-3-4-13-25(17)16-19-11-9-18(10-12-19)15-24-22(26)20-7-5-8-21(14-20)23(27)28-2/h5,7-12,14,17H,3-4,6,13,15-16H2,1-2H3,(H,24,26). The molecule has 1 fully saturated rings. The van der Waals surface area contributed by atoms with E-state index >= 15 is 0 Å². The highest BCUT2D eigenvalue weighted by molar-refractivity contribution is 5.97. The van der Waals surface area contributed by atoms with Crippen molar-refractivity contribution >= 4 is 11.9 Å². The SMILES string of the molecule is COC(=O)c1cccc(C(=O)NCc2ccc(CN3CCCCC3C)cc2)c1. The number of methoxy groups -OCH3 is 1. The number of carbonyl (C=O) groups excluding carboxylic acids is 2. The zero-order valence-corrected chi connectivity index (χ0v) is 16.6. The van der Waals surface area contributed by atoms with Crippen LogP contribution >= 0.6 is 0 Å². The summed E-state index contributed by atoms with van der Waals surface area (Å²) in [6, 6.07) is 15.6. The molecular formula is C23H28N2O3. The Bertz CT molecular complexity index is 817. The highest BCUT2D eigenvalue weighted by atomic mass is 16.5. The molecule has 5 heteroatoms. The first kappa shape index (κ1) is 20.1. The van der Waals surface area contributed by atoms with Crippen LogP contribution in [0.1, 0.15) is 58.0 Å². The van der Waals surface area contributed by atoms with E-state index in [1.54, 1.807) is 24.3 Å². The van der Waals surface area contributed by atoms with Crippen LogP contribution in [-0.4, -0.2) is 36.5 Å². The molecule has 5 nitrogen and oxygen atoms in total. The molecular weight excluding hydrogens is 352 g/mol. The Hall–Kier alpha value is -2.66. The van der Waals surface area contributed by atoms with Crippen LogP contribution in [0.3, 0.4) is 0 Å². The van der Waals surface area contributed by atoms with Crippen LogP contribution in [0.2, 0.25) is 0 Å². The summed E-state index contributed by atoms with van der Waals surface area (Å²) < 4.78 is 4.70. The summed E-state index contributed by atoms with van der Waals surface area (Å²) in [6.45, 7) is 4.90. The van der Waals surface area contributed by atoms with Crippen molar-refractivity contribution in [2.75, 3.05) is 13.7 Å². The second kappa shape index (κ2) is 9.51. The molecule has 0 aromatic heterocycles. The zero-order valence-electron chi connectivity index (χ0n) is 16.6. The molecule has 28 heavy (non-hydrogen) atoms. The third-order valence-corrected chi connectivity index (χ3v) is 5.35. The molecule has 1 aliphatic heterocycles. The van der Waals surface area contributed by atoms with E-state index in [1.807, 2.05) is 0 Å². The molecule has 0 bridgehead atoms. The average molecular weight is 380 g/mol. The number of likely N-dealkylation sites (tertiary alicyclic amines) is 1. The molecule has 1 saturated heterocycles. The first-order valence-corrected chi connectivity index (χ1v) is 9.85. The number of hydrogen-bond acceptors (Lipinski definition) is 4. The minimum Gasteiger partial charge on any atom is -0.465 e. The highest BCUT2D eigenvalue weighted by Crippen LogP contribution is 2.19. The van der Waals surface area contributed by atoms with Gasteiger partial charge in [-0.05, 0) is 55.6 Å². The van der Waals surface area contributed by atoms with Gasteiger partial charge in [0, 0.05) is 24.7 Å². The summed E-state index contributed by atoms with van der Waals surface area (Å²) in [5.41, 5.74) is 3.16. The third-order valence-electron chi connectivity index (χ3n) is 5.35.